The van der Waals surface area contributed by atoms with E-state index in [2.05, 4.69) is 0 Å². The van der Waals surface area contributed by atoms with Gasteiger partial charge in [0.25, 0.3) is 0 Å². The summed E-state index contributed by atoms with van der Waals surface area (Å²) in [5.41, 5.74) is 6.28. The average molecular weight is 239 g/mol. The summed E-state index contributed by atoms with van der Waals surface area (Å²) in [5.74, 6) is 0.426. The number of rotatable bonds is 4. The molecule has 1 aliphatic rings. The molecule has 1 heterocycles. The van der Waals surface area contributed by atoms with Gasteiger partial charge in [-0.1, -0.05) is 12.1 Å². The van der Waals surface area contributed by atoms with Crippen LogP contribution in [0.25, 0.3) is 0 Å². The van der Waals surface area contributed by atoms with Crippen LogP contribution in [0.15, 0.2) is 18.2 Å². The third-order valence-electron chi connectivity index (χ3n) is 3.07. The quantitative estimate of drug-likeness (QED) is 0.875. The highest BCUT2D eigenvalue weighted by atomic mass is 19.1. The number of benzene rings is 1. The van der Waals surface area contributed by atoms with Crippen molar-refractivity contribution in [2.24, 2.45) is 11.7 Å². The molecule has 4 heteroatoms. The van der Waals surface area contributed by atoms with Crippen LogP contribution in [0, 0.1) is 11.7 Å². The van der Waals surface area contributed by atoms with Crippen LogP contribution in [0.1, 0.15) is 18.4 Å². The van der Waals surface area contributed by atoms with Crippen LogP contribution in [-0.2, 0) is 11.3 Å². The third-order valence-corrected chi connectivity index (χ3v) is 3.07. The number of hydrogen-bond donors (Lipinski definition) is 1. The molecule has 0 amide bonds. The molecule has 0 saturated carbocycles. The minimum Gasteiger partial charge on any atom is -0.490 e. The number of ether oxygens (including phenoxy) is 2. The van der Waals surface area contributed by atoms with Crippen molar-refractivity contribution in [3.8, 4) is 5.75 Å². The smallest absolute Gasteiger partial charge is 0.165 e. The highest BCUT2D eigenvalue weighted by molar-refractivity contribution is 5.34. The van der Waals surface area contributed by atoms with Gasteiger partial charge in [0.05, 0.1) is 6.61 Å². The fourth-order valence-electron chi connectivity index (χ4n) is 1.99. The number of halogens is 1. The van der Waals surface area contributed by atoms with Gasteiger partial charge in [-0.3, -0.25) is 0 Å². The minimum atomic E-state index is -0.333. The Morgan fingerprint density at radius 3 is 2.82 bits per heavy atom. The molecule has 2 N–H and O–H groups in total. The van der Waals surface area contributed by atoms with Gasteiger partial charge in [-0.25, -0.2) is 4.39 Å². The first-order valence-corrected chi connectivity index (χ1v) is 5.99. The summed E-state index contributed by atoms with van der Waals surface area (Å²) in [6, 6.07) is 4.85. The number of nitrogens with two attached hydrogens (primary N) is 1. The molecule has 17 heavy (non-hydrogen) atoms. The van der Waals surface area contributed by atoms with Crippen molar-refractivity contribution < 1.29 is 13.9 Å². The molecule has 0 atom stereocenters. The maximum absolute atomic E-state index is 13.6. The third kappa shape index (κ3) is 3.17. The van der Waals surface area contributed by atoms with Crippen molar-refractivity contribution in [2.45, 2.75) is 19.4 Å². The average Bonchev–Trinajstić information content (AvgIpc) is 2.38. The molecule has 0 spiro atoms. The first kappa shape index (κ1) is 12.3. The second kappa shape index (κ2) is 5.98. The lowest BCUT2D eigenvalue weighted by molar-refractivity contribution is 0.0490. The molecular formula is C13H18FNO2. The fraction of sp³-hybridized carbons (Fsp3) is 0.538. The Balaban J connectivity index is 1.97. The van der Waals surface area contributed by atoms with Crippen molar-refractivity contribution >= 4 is 0 Å². The second-order valence-corrected chi connectivity index (χ2v) is 4.30. The zero-order chi connectivity index (χ0) is 12.1. The lowest BCUT2D eigenvalue weighted by Crippen LogP contribution is -2.22. The van der Waals surface area contributed by atoms with Crippen molar-refractivity contribution in [2.75, 3.05) is 19.8 Å². The standard InChI is InChI=1S/C13H18FNO2/c14-12-3-1-2-11(8-15)13(12)17-9-10-4-6-16-7-5-10/h1-3,10H,4-9,15H2. The predicted molar refractivity (Wildman–Crippen MR) is 63.3 cm³/mol. The summed E-state index contributed by atoms with van der Waals surface area (Å²) in [6.45, 7) is 2.38. The lowest BCUT2D eigenvalue weighted by atomic mass is 10.0. The summed E-state index contributed by atoms with van der Waals surface area (Å²) in [7, 11) is 0. The molecule has 0 aromatic heterocycles. The van der Waals surface area contributed by atoms with E-state index >= 15 is 0 Å². The van der Waals surface area contributed by atoms with E-state index < -0.39 is 0 Å². The summed E-state index contributed by atoms with van der Waals surface area (Å²) in [4.78, 5) is 0. The Morgan fingerprint density at radius 1 is 1.35 bits per heavy atom. The molecule has 0 bridgehead atoms. The van der Waals surface area contributed by atoms with E-state index in [0.717, 1.165) is 31.6 Å². The van der Waals surface area contributed by atoms with Crippen molar-refractivity contribution in [3.05, 3.63) is 29.6 Å². The van der Waals surface area contributed by atoms with Crippen molar-refractivity contribution in [3.63, 3.8) is 0 Å². The molecule has 94 valence electrons. The molecule has 0 radical (unpaired) electrons. The number of hydrogen-bond acceptors (Lipinski definition) is 3. The van der Waals surface area contributed by atoms with Crippen molar-refractivity contribution in [1.29, 1.82) is 0 Å². The van der Waals surface area contributed by atoms with E-state index in [4.69, 9.17) is 15.2 Å². The zero-order valence-corrected chi connectivity index (χ0v) is 9.82. The lowest BCUT2D eigenvalue weighted by Gasteiger charge is -2.22. The van der Waals surface area contributed by atoms with E-state index in [1.165, 1.54) is 6.07 Å². The maximum Gasteiger partial charge on any atom is 0.165 e. The minimum absolute atomic E-state index is 0.293. The van der Waals surface area contributed by atoms with Gasteiger partial charge in [0.2, 0.25) is 0 Å². The normalized spacial score (nSPS) is 17.1. The van der Waals surface area contributed by atoms with E-state index in [0.29, 0.717) is 24.8 Å². The van der Waals surface area contributed by atoms with Crippen LogP contribution in [0.2, 0.25) is 0 Å². The fourth-order valence-corrected chi connectivity index (χ4v) is 1.99. The Kier molecular flexibility index (Phi) is 4.34. The Morgan fingerprint density at radius 2 is 2.12 bits per heavy atom. The van der Waals surface area contributed by atoms with Gasteiger partial charge >= 0.3 is 0 Å². The molecule has 1 aromatic carbocycles. The molecule has 1 saturated heterocycles. The van der Waals surface area contributed by atoms with E-state index in [1.807, 2.05) is 0 Å². The summed E-state index contributed by atoms with van der Waals surface area (Å²) < 4.78 is 24.4. The Labute approximate surface area is 101 Å². The zero-order valence-electron chi connectivity index (χ0n) is 9.82. The molecular weight excluding hydrogens is 221 g/mol. The van der Waals surface area contributed by atoms with Gasteiger partial charge in [-0.05, 0) is 24.8 Å². The highest BCUT2D eigenvalue weighted by Gasteiger charge is 2.16. The predicted octanol–water partition coefficient (Wildman–Crippen LogP) is 2.09. The molecule has 1 fully saturated rings. The SMILES string of the molecule is NCc1cccc(F)c1OCC1CCOCC1. The van der Waals surface area contributed by atoms with Gasteiger partial charge in [0.1, 0.15) is 0 Å². The topological polar surface area (TPSA) is 44.5 Å². The molecule has 2 rings (SSSR count). The van der Waals surface area contributed by atoms with Gasteiger partial charge in [0.15, 0.2) is 11.6 Å². The van der Waals surface area contributed by atoms with E-state index in [1.54, 1.807) is 12.1 Å². The first-order chi connectivity index (χ1) is 8.31. The van der Waals surface area contributed by atoms with Gasteiger partial charge in [-0.15, -0.1) is 0 Å². The summed E-state index contributed by atoms with van der Waals surface area (Å²) >= 11 is 0. The highest BCUT2D eigenvalue weighted by Crippen LogP contribution is 2.24. The van der Waals surface area contributed by atoms with Gasteiger partial charge < -0.3 is 15.2 Å². The Hall–Kier alpha value is -1.13. The summed E-state index contributed by atoms with van der Waals surface area (Å²) in [5, 5.41) is 0. The molecule has 1 aromatic rings. The first-order valence-electron chi connectivity index (χ1n) is 5.99. The maximum atomic E-state index is 13.6. The molecule has 3 nitrogen and oxygen atoms in total. The van der Waals surface area contributed by atoms with E-state index in [9.17, 15) is 4.39 Å². The van der Waals surface area contributed by atoms with Crippen LogP contribution < -0.4 is 10.5 Å². The monoisotopic (exact) mass is 239 g/mol. The second-order valence-electron chi connectivity index (χ2n) is 4.30. The van der Waals surface area contributed by atoms with Gasteiger partial charge in [-0.2, -0.15) is 0 Å². The van der Waals surface area contributed by atoms with Crippen LogP contribution in [0.4, 0.5) is 4.39 Å². The Bertz CT molecular complexity index is 364. The molecule has 0 aliphatic carbocycles. The van der Waals surface area contributed by atoms with Crippen molar-refractivity contribution in [1.82, 2.24) is 0 Å². The van der Waals surface area contributed by atoms with Crippen LogP contribution in [0.5, 0.6) is 5.75 Å². The van der Waals surface area contributed by atoms with Crippen LogP contribution in [-0.4, -0.2) is 19.8 Å². The van der Waals surface area contributed by atoms with Crippen LogP contribution >= 0.6 is 0 Å². The largest absolute Gasteiger partial charge is 0.490 e. The number of para-hydroxylation sites is 1. The molecule has 0 unspecified atom stereocenters. The molecule has 1 aliphatic heterocycles. The summed E-state index contributed by atoms with van der Waals surface area (Å²) in [6.07, 6.45) is 1.96. The van der Waals surface area contributed by atoms with E-state index in [-0.39, 0.29) is 5.82 Å². The van der Waals surface area contributed by atoms with Crippen LogP contribution in [0.3, 0.4) is 0 Å². The van der Waals surface area contributed by atoms with Gasteiger partial charge in [0, 0.05) is 25.3 Å².